The normalized spacial score (nSPS) is 11.5. The summed E-state index contributed by atoms with van der Waals surface area (Å²) in [6.07, 6.45) is 1.07. The third-order valence-electron chi connectivity index (χ3n) is 2.89. The molecule has 0 spiro atoms. The van der Waals surface area contributed by atoms with Gasteiger partial charge in [-0.25, -0.2) is 0 Å². The lowest BCUT2D eigenvalue weighted by molar-refractivity contribution is 0.800. The predicted molar refractivity (Wildman–Crippen MR) is 69.0 cm³/mol. The molecule has 0 amide bonds. The molecule has 1 aromatic rings. The fourth-order valence-electron chi connectivity index (χ4n) is 2.21. The third-order valence-corrected chi connectivity index (χ3v) is 3.22. The lowest BCUT2D eigenvalue weighted by Crippen LogP contribution is -2.03. The second-order valence-corrected chi connectivity index (χ2v) is 5.10. The molecule has 0 aliphatic carbocycles. The number of hydrogen-bond donors (Lipinski definition) is 0. The van der Waals surface area contributed by atoms with Crippen molar-refractivity contribution in [3.05, 3.63) is 33.8 Å². The Kier molecular flexibility index (Phi) is 4.21. The third kappa shape index (κ3) is 2.55. The molecule has 0 unspecified atom stereocenters. The summed E-state index contributed by atoms with van der Waals surface area (Å²) in [5.74, 6) is 1.08. The van der Waals surface area contributed by atoms with E-state index in [-0.39, 0.29) is 0 Å². The number of halogens is 1. The molecule has 0 bridgehead atoms. The van der Waals surface area contributed by atoms with Crippen LogP contribution in [0.4, 0.5) is 0 Å². The van der Waals surface area contributed by atoms with Crippen LogP contribution in [0.5, 0.6) is 0 Å². The monoisotopic (exact) mass is 224 g/mol. The van der Waals surface area contributed by atoms with Gasteiger partial charge in [-0.05, 0) is 41.0 Å². The van der Waals surface area contributed by atoms with Crippen LogP contribution in [0.1, 0.15) is 63.1 Å². The van der Waals surface area contributed by atoms with Gasteiger partial charge in [0.2, 0.25) is 0 Å². The average Bonchev–Trinajstić information content (AvgIpc) is 2.15. The van der Waals surface area contributed by atoms with Crippen molar-refractivity contribution in [2.24, 2.45) is 0 Å². The molecular formula is C14H21Cl. The van der Waals surface area contributed by atoms with Crippen LogP contribution in [-0.2, 0) is 6.42 Å². The van der Waals surface area contributed by atoms with Crippen LogP contribution >= 0.6 is 11.6 Å². The molecule has 0 saturated carbocycles. The first-order chi connectivity index (χ1) is 6.99. The van der Waals surface area contributed by atoms with E-state index >= 15 is 0 Å². The quantitative estimate of drug-likeness (QED) is 0.666. The van der Waals surface area contributed by atoms with Gasteiger partial charge in [0.05, 0.1) is 0 Å². The van der Waals surface area contributed by atoms with Crippen LogP contribution in [0.25, 0.3) is 0 Å². The van der Waals surface area contributed by atoms with Crippen molar-refractivity contribution in [1.29, 1.82) is 0 Å². The number of hydrogen-bond acceptors (Lipinski definition) is 0. The first-order valence-corrected chi connectivity index (χ1v) is 6.18. The Morgan fingerprint density at radius 3 is 2.07 bits per heavy atom. The van der Waals surface area contributed by atoms with Gasteiger partial charge < -0.3 is 0 Å². The molecule has 1 rings (SSSR count). The van der Waals surface area contributed by atoms with Crippen molar-refractivity contribution in [3.8, 4) is 0 Å². The van der Waals surface area contributed by atoms with E-state index in [9.17, 15) is 0 Å². The van der Waals surface area contributed by atoms with Crippen LogP contribution in [0, 0.1) is 0 Å². The first kappa shape index (κ1) is 12.6. The van der Waals surface area contributed by atoms with Crippen LogP contribution < -0.4 is 0 Å². The molecule has 0 radical (unpaired) electrons. The van der Waals surface area contributed by atoms with Crippen LogP contribution in [0.2, 0.25) is 5.02 Å². The molecule has 1 aromatic carbocycles. The van der Waals surface area contributed by atoms with Crippen molar-refractivity contribution in [3.63, 3.8) is 0 Å². The van der Waals surface area contributed by atoms with E-state index in [4.69, 9.17) is 11.6 Å². The highest BCUT2D eigenvalue weighted by Crippen LogP contribution is 2.33. The van der Waals surface area contributed by atoms with Gasteiger partial charge >= 0.3 is 0 Å². The van der Waals surface area contributed by atoms with Crippen LogP contribution in [-0.4, -0.2) is 0 Å². The Balaban J connectivity index is 3.40. The highest BCUT2D eigenvalue weighted by molar-refractivity contribution is 6.31. The summed E-state index contributed by atoms with van der Waals surface area (Å²) in [6, 6.07) is 4.23. The molecule has 15 heavy (non-hydrogen) atoms. The second kappa shape index (κ2) is 5.03. The maximum Gasteiger partial charge on any atom is 0.0443 e. The van der Waals surface area contributed by atoms with Gasteiger partial charge in [-0.15, -0.1) is 0 Å². The number of rotatable bonds is 3. The second-order valence-electron chi connectivity index (χ2n) is 4.69. The van der Waals surface area contributed by atoms with Crippen molar-refractivity contribution in [2.45, 2.75) is 52.9 Å². The molecule has 1 heteroatoms. The minimum Gasteiger partial charge on any atom is -0.0840 e. The first-order valence-electron chi connectivity index (χ1n) is 5.80. The molecule has 0 heterocycles. The summed E-state index contributed by atoms with van der Waals surface area (Å²) in [6.45, 7) is 11.1. The molecule has 84 valence electrons. The predicted octanol–water partition coefficient (Wildman–Crippen LogP) is 5.15. The van der Waals surface area contributed by atoms with E-state index in [0.29, 0.717) is 11.8 Å². The maximum atomic E-state index is 6.28. The lowest BCUT2D eigenvalue weighted by Gasteiger charge is -2.20. The Morgan fingerprint density at radius 2 is 1.67 bits per heavy atom. The van der Waals surface area contributed by atoms with Gasteiger partial charge in [0.1, 0.15) is 0 Å². The van der Waals surface area contributed by atoms with Crippen molar-refractivity contribution in [2.75, 3.05) is 0 Å². The zero-order valence-corrected chi connectivity index (χ0v) is 11.2. The highest BCUT2D eigenvalue weighted by Gasteiger charge is 2.15. The Labute approximate surface area is 98.7 Å². The molecule has 0 aliphatic rings. The SMILES string of the molecule is CCc1c(C(C)C)ccc(Cl)c1C(C)C. The van der Waals surface area contributed by atoms with Crippen LogP contribution in [0.3, 0.4) is 0 Å². The van der Waals surface area contributed by atoms with E-state index in [1.54, 1.807) is 0 Å². The zero-order valence-electron chi connectivity index (χ0n) is 10.4. The molecule has 0 fully saturated rings. The van der Waals surface area contributed by atoms with Gasteiger partial charge in [-0.3, -0.25) is 0 Å². The van der Waals surface area contributed by atoms with E-state index in [1.165, 1.54) is 16.7 Å². The zero-order chi connectivity index (χ0) is 11.6. The summed E-state index contributed by atoms with van der Waals surface area (Å²) in [4.78, 5) is 0. The smallest absolute Gasteiger partial charge is 0.0443 e. The lowest BCUT2D eigenvalue weighted by atomic mass is 9.87. The van der Waals surface area contributed by atoms with Gasteiger partial charge in [-0.2, -0.15) is 0 Å². The average molecular weight is 225 g/mol. The Bertz CT molecular complexity index is 337. The van der Waals surface area contributed by atoms with Gasteiger partial charge in [0, 0.05) is 5.02 Å². The minimum atomic E-state index is 0.506. The standard InChI is InChI=1S/C14H21Cl/c1-6-11-12(9(2)3)7-8-13(15)14(11)10(4)5/h7-10H,6H2,1-5H3. The highest BCUT2D eigenvalue weighted by atomic mass is 35.5. The van der Waals surface area contributed by atoms with Gasteiger partial charge in [0.25, 0.3) is 0 Å². The summed E-state index contributed by atoms with van der Waals surface area (Å²) in [5.41, 5.74) is 4.24. The Morgan fingerprint density at radius 1 is 1.07 bits per heavy atom. The molecule has 0 saturated heterocycles. The van der Waals surface area contributed by atoms with Crippen LogP contribution in [0.15, 0.2) is 12.1 Å². The Hall–Kier alpha value is -0.490. The fourth-order valence-corrected chi connectivity index (χ4v) is 2.61. The maximum absolute atomic E-state index is 6.28. The molecule has 0 nitrogen and oxygen atoms in total. The molecule has 0 atom stereocenters. The molecule has 0 aromatic heterocycles. The summed E-state index contributed by atoms with van der Waals surface area (Å²) in [7, 11) is 0. The van der Waals surface area contributed by atoms with Crippen molar-refractivity contribution < 1.29 is 0 Å². The summed E-state index contributed by atoms with van der Waals surface area (Å²) >= 11 is 6.28. The molecule has 0 N–H and O–H groups in total. The minimum absolute atomic E-state index is 0.506. The number of benzene rings is 1. The van der Waals surface area contributed by atoms with Gasteiger partial charge in [-0.1, -0.05) is 52.3 Å². The van der Waals surface area contributed by atoms with Crippen molar-refractivity contribution in [1.82, 2.24) is 0 Å². The fraction of sp³-hybridized carbons (Fsp3) is 0.571. The van der Waals surface area contributed by atoms with Gasteiger partial charge in [0.15, 0.2) is 0 Å². The van der Waals surface area contributed by atoms with E-state index < -0.39 is 0 Å². The molecule has 0 aliphatic heterocycles. The van der Waals surface area contributed by atoms with E-state index in [1.807, 2.05) is 6.07 Å². The summed E-state index contributed by atoms with van der Waals surface area (Å²) in [5, 5.41) is 0.922. The van der Waals surface area contributed by atoms with E-state index in [2.05, 4.69) is 40.7 Å². The van der Waals surface area contributed by atoms with Crippen molar-refractivity contribution >= 4 is 11.6 Å². The van der Waals surface area contributed by atoms with E-state index in [0.717, 1.165) is 11.4 Å². The summed E-state index contributed by atoms with van der Waals surface area (Å²) < 4.78 is 0. The topological polar surface area (TPSA) is 0 Å². The molecular weight excluding hydrogens is 204 g/mol. The largest absolute Gasteiger partial charge is 0.0840 e.